The number of furan rings is 1. The number of aliphatic carboxylic acids is 1. The summed E-state index contributed by atoms with van der Waals surface area (Å²) in [6.07, 6.45) is 1.98. The molecule has 2 aromatic heterocycles. The number of hydrogen-bond acceptors (Lipinski definition) is 7. The van der Waals surface area contributed by atoms with Gasteiger partial charge in [0.25, 0.3) is 5.69 Å². The fourth-order valence-electron chi connectivity index (χ4n) is 2.26. The van der Waals surface area contributed by atoms with Crippen molar-refractivity contribution in [3.05, 3.63) is 63.0 Å². The summed E-state index contributed by atoms with van der Waals surface area (Å²) in [6, 6.07) is 9.27. The second-order valence-electron chi connectivity index (χ2n) is 5.31. The summed E-state index contributed by atoms with van der Waals surface area (Å²) in [7, 11) is 0. The maximum Gasteiger partial charge on any atom is 0.342 e. The third-order valence-corrected chi connectivity index (χ3v) is 4.40. The number of nitro groups is 1. The van der Waals surface area contributed by atoms with Crippen LogP contribution in [0.3, 0.4) is 0 Å². The highest BCUT2D eigenvalue weighted by molar-refractivity contribution is 8.04. The van der Waals surface area contributed by atoms with Crippen molar-refractivity contribution in [3.8, 4) is 11.3 Å². The quantitative estimate of drug-likeness (QED) is 0.271. The van der Waals surface area contributed by atoms with Crippen molar-refractivity contribution in [2.45, 2.75) is 18.5 Å². The Balaban J connectivity index is 1.90. The van der Waals surface area contributed by atoms with Crippen LogP contribution in [0.25, 0.3) is 17.4 Å². The highest BCUT2D eigenvalue weighted by Crippen LogP contribution is 2.32. The van der Waals surface area contributed by atoms with Crippen molar-refractivity contribution in [2.75, 3.05) is 0 Å². The Morgan fingerprint density at radius 1 is 1.37 bits per heavy atom. The third-order valence-electron chi connectivity index (χ3n) is 3.52. The topological polar surface area (TPSA) is 135 Å². The Kier molecular flexibility index (Phi) is 5.36. The van der Waals surface area contributed by atoms with E-state index in [1.54, 1.807) is 30.3 Å². The molecule has 0 radical (unpaired) electrons. The molecule has 0 atom stereocenters. The van der Waals surface area contributed by atoms with Crippen LogP contribution in [-0.2, 0) is 11.2 Å². The van der Waals surface area contributed by atoms with Gasteiger partial charge in [-0.3, -0.25) is 15.2 Å². The van der Waals surface area contributed by atoms with Gasteiger partial charge in [-0.05, 0) is 30.0 Å². The van der Waals surface area contributed by atoms with Gasteiger partial charge in [0, 0.05) is 18.6 Å². The second-order valence-corrected chi connectivity index (χ2v) is 6.32. The van der Waals surface area contributed by atoms with Gasteiger partial charge < -0.3 is 9.52 Å². The number of benzene rings is 1. The summed E-state index contributed by atoms with van der Waals surface area (Å²) in [6.45, 7) is 1.90. The lowest BCUT2D eigenvalue weighted by atomic mass is 10.1. The monoisotopic (exact) mass is 386 g/mol. The first kappa shape index (κ1) is 18.4. The average Bonchev–Trinajstić information content (AvgIpc) is 3.30. The molecule has 27 heavy (non-hydrogen) atoms. The highest BCUT2D eigenvalue weighted by atomic mass is 32.2. The molecule has 1 aromatic carbocycles. The molecule has 0 amide bonds. The molecule has 0 fully saturated rings. The van der Waals surface area contributed by atoms with Crippen LogP contribution in [0, 0.1) is 10.1 Å². The van der Waals surface area contributed by atoms with Crippen LogP contribution in [0.1, 0.15) is 18.5 Å². The number of carboxylic acids is 1. The predicted molar refractivity (Wildman–Crippen MR) is 98.0 cm³/mol. The number of aryl methyl sites for hydroxylation is 1. The van der Waals surface area contributed by atoms with E-state index in [4.69, 9.17) is 4.42 Å². The molecule has 2 heterocycles. The number of hydrogen-bond donors (Lipinski definition) is 2. The number of aromatic amines is 1. The van der Waals surface area contributed by atoms with Crippen LogP contribution in [-0.4, -0.2) is 31.2 Å². The van der Waals surface area contributed by atoms with Crippen LogP contribution < -0.4 is 0 Å². The molecule has 2 N–H and O–H groups in total. The number of rotatable bonds is 7. The lowest BCUT2D eigenvalue weighted by Crippen LogP contribution is -1.97. The van der Waals surface area contributed by atoms with Gasteiger partial charge in [0.05, 0.1) is 10.5 Å². The van der Waals surface area contributed by atoms with Crippen LogP contribution in [0.15, 0.2) is 50.9 Å². The first-order valence-electron chi connectivity index (χ1n) is 7.85. The number of aromatic nitrogens is 3. The lowest BCUT2D eigenvalue weighted by molar-refractivity contribution is -0.384. The Morgan fingerprint density at radius 3 is 2.81 bits per heavy atom. The van der Waals surface area contributed by atoms with Crippen molar-refractivity contribution in [3.63, 3.8) is 0 Å². The van der Waals surface area contributed by atoms with Gasteiger partial charge >= 0.3 is 5.97 Å². The Morgan fingerprint density at radius 2 is 2.15 bits per heavy atom. The van der Waals surface area contributed by atoms with Gasteiger partial charge in [-0.2, -0.15) is 0 Å². The molecule has 0 spiro atoms. The average molecular weight is 386 g/mol. The normalized spacial score (nSPS) is 11.5. The minimum Gasteiger partial charge on any atom is -0.477 e. The molecule has 0 bridgehead atoms. The number of nitrogens with zero attached hydrogens (tertiary/aromatic N) is 3. The van der Waals surface area contributed by atoms with Gasteiger partial charge in [-0.15, -0.1) is 5.10 Å². The molecule has 0 aliphatic rings. The molecular weight excluding hydrogens is 372 g/mol. The minimum atomic E-state index is -1.16. The molecule has 10 heteroatoms. The zero-order valence-corrected chi connectivity index (χ0v) is 14.9. The minimum absolute atomic E-state index is 0.0416. The molecule has 3 aromatic rings. The van der Waals surface area contributed by atoms with E-state index in [0.717, 1.165) is 11.8 Å². The third kappa shape index (κ3) is 4.23. The highest BCUT2D eigenvalue weighted by Gasteiger charge is 2.18. The molecule has 138 valence electrons. The van der Waals surface area contributed by atoms with Crippen LogP contribution in [0.4, 0.5) is 5.69 Å². The molecule has 0 unspecified atom stereocenters. The number of nitro benzene ring substituents is 1. The van der Waals surface area contributed by atoms with Gasteiger partial charge in [0.1, 0.15) is 22.3 Å². The van der Waals surface area contributed by atoms with E-state index < -0.39 is 10.9 Å². The summed E-state index contributed by atoms with van der Waals surface area (Å²) in [5.41, 5.74) is 0.219. The zero-order valence-electron chi connectivity index (χ0n) is 14.1. The van der Waals surface area contributed by atoms with E-state index >= 15 is 0 Å². The Labute approximate surface area is 157 Å². The second kappa shape index (κ2) is 7.87. The largest absolute Gasteiger partial charge is 0.477 e. The molecule has 0 aliphatic heterocycles. The van der Waals surface area contributed by atoms with Crippen molar-refractivity contribution in [1.82, 2.24) is 15.2 Å². The van der Waals surface area contributed by atoms with E-state index in [1.807, 2.05) is 6.92 Å². The zero-order chi connectivity index (χ0) is 19.4. The first-order chi connectivity index (χ1) is 13.0. The fourth-order valence-corrected chi connectivity index (χ4v) is 2.97. The van der Waals surface area contributed by atoms with Gasteiger partial charge in [-0.1, -0.05) is 19.1 Å². The van der Waals surface area contributed by atoms with E-state index in [9.17, 15) is 20.0 Å². The van der Waals surface area contributed by atoms with Crippen LogP contribution in [0.2, 0.25) is 0 Å². The van der Waals surface area contributed by atoms with E-state index in [1.165, 1.54) is 12.1 Å². The number of nitrogens with one attached hydrogen (secondary N) is 1. The van der Waals surface area contributed by atoms with Gasteiger partial charge in [-0.25, -0.2) is 9.78 Å². The number of carbonyl (C=O) groups is 1. The van der Waals surface area contributed by atoms with E-state index in [-0.39, 0.29) is 27.3 Å². The summed E-state index contributed by atoms with van der Waals surface area (Å²) in [5.74, 6) is 0.0131. The van der Waals surface area contributed by atoms with E-state index in [0.29, 0.717) is 17.8 Å². The van der Waals surface area contributed by atoms with Crippen LogP contribution >= 0.6 is 11.8 Å². The molecule has 3 rings (SSSR count). The smallest absolute Gasteiger partial charge is 0.342 e. The Bertz CT molecular complexity index is 1020. The van der Waals surface area contributed by atoms with Gasteiger partial charge in [0.2, 0.25) is 5.16 Å². The molecule has 0 saturated carbocycles. The lowest BCUT2D eigenvalue weighted by Gasteiger charge is -1.99. The maximum absolute atomic E-state index is 11.5. The fraction of sp³-hybridized carbons (Fsp3) is 0.118. The van der Waals surface area contributed by atoms with Crippen molar-refractivity contribution in [1.29, 1.82) is 0 Å². The summed E-state index contributed by atoms with van der Waals surface area (Å²) >= 11 is 0.881. The summed E-state index contributed by atoms with van der Waals surface area (Å²) in [5, 5.41) is 27.5. The number of carboxylic acid groups (broad SMARTS) is 1. The molecule has 0 saturated heterocycles. The summed E-state index contributed by atoms with van der Waals surface area (Å²) in [4.78, 5) is 26.3. The number of H-pyrrole nitrogens is 1. The first-order valence-corrected chi connectivity index (χ1v) is 8.67. The standard InChI is InChI=1S/C17H14N4O5S/c1-2-15-18-17(20-19-15)27-14(16(22)23)9-10-7-8-13(26-10)11-5-3-4-6-12(11)21(24)25/h3-9H,2H2,1H3,(H,22,23)(H,18,19,20)/b14-9+. The number of thioether (sulfide) groups is 1. The van der Waals surface area contributed by atoms with Crippen molar-refractivity contribution >= 4 is 29.5 Å². The Hall–Kier alpha value is -3.40. The maximum atomic E-state index is 11.5. The van der Waals surface area contributed by atoms with E-state index in [2.05, 4.69) is 15.2 Å². The molecular formula is C17H14N4O5S. The predicted octanol–water partition coefficient (Wildman–Crippen LogP) is 3.75. The molecule has 9 nitrogen and oxygen atoms in total. The van der Waals surface area contributed by atoms with Crippen molar-refractivity contribution in [2.24, 2.45) is 0 Å². The van der Waals surface area contributed by atoms with Gasteiger partial charge in [0.15, 0.2) is 0 Å². The molecule has 0 aliphatic carbocycles. The summed E-state index contributed by atoms with van der Waals surface area (Å²) < 4.78 is 5.60. The SMILES string of the molecule is CCc1nc(S/C(=C/c2ccc(-c3ccccc3[N+](=O)[O-])o2)C(=O)O)n[nH]1. The van der Waals surface area contributed by atoms with Crippen LogP contribution in [0.5, 0.6) is 0 Å². The van der Waals surface area contributed by atoms with Crippen molar-refractivity contribution < 1.29 is 19.2 Å². The number of para-hydroxylation sites is 1.